The number of fused-ring (bicyclic) bond motifs is 1. The second-order valence-electron chi connectivity index (χ2n) is 6.60. The van der Waals surface area contributed by atoms with E-state index in [0.29, 0.717) is 11.6 Å². The zero-order valence-electron chi connectivity index (χ0n) is 16.3. The maximum atomic E-state index is 6.18. The van der Waals surface area contributed by atoms with E-state index in [-0.39, 0.29) is 0 Å². The highest BCUT2D eigenvalue weighted by atomic mass is 79.9. The second kappa shape index (κ2) is 10.0. The Bertz CT molecular complexity index is 928. The molecule has 0 amide bonds. The van der Waals surface area contributed by atoms with Crippen LogP contribution >= 0.6 is 27.5 Å². The molecule has 5 nitrogen and oxygen atoms in total. The first-order valence-electron chi connectivity index (χ1n) is 9.58. The molecule has 0 bridgehead atoms. The molecule has 0 radical (unpaired) electrons. The molecule has 150 valence electrons. The molecule has 0 aliphatic heterocycles. The number of hydrogen-bond donors (Lipinski definition) is 2. The van der Waals surface area contributed by atoms with Gasteiger partial charge in [-0.15, -0.1) is 0 Å². The number of ether oxygens (including phenoxy) is 1. The first-order valence-corrected chi connectivity index (χ1v) is 11.1. The Balaban J connectivity index is 1.87. The zero-order valence-corrected chi connectivity index (χ0v) is 18.6. The average Bonchev–Trinajstić information content (AvgIpc) is 3.01. The normalized spacial score (nSPS) is 11.0. The van der Waals surface area contributed by atoms with Crippen molar-refractivity contribution in [3.63, 3.8) is 0 Å². The van der Waals surface area contributed by atoms with Crippen LogP contribution in [0, 0.1) is 0 Å². The minimum Gasteiger partial charge on any atom is -0.491 e. The predicted molar refractivity (Wildman–Crippen MR) is 123 cm³/mol. The SMILES string of the molecule is CCCNc1cccc2nc(Nc3ccc(Cl)cc3OCCCCBr)n(C)c12. The van der Waals surface area contributed by atoms with Gasteiger partial charge in [-0.1, -0.05) is 40.5 Å². The van der Waals surface area contributed by atoms with E-state index < -0.39 is 0 Å². The fraction of sp³-hybridized carbons (Fsp3) is 0.381. The van der Waals surface area contributed by atoms with Crippen LogP contribution in [0.25, 0.3) is 11.0 Å². The van der Waals surface area contributed by atoms with Crippen molar-refractivity contribution in [3.05, 3.63) is 41.4 Å². The molecule has 3 aromatic rings. The molecule has 0 aliphatic rings. The van der Waals surface area contributed by atoms with Gasteiger partial charge in [0.05, 0.1) is 29.0 Å². The molecule has 7 heteroatoms. The second-order valence-corrected chi connectivity index (χ2v) is 7.83. The van der Waals surface area contributed by atoms with Crippen LogP contribution in [0.5, 0.6) is 5.75 Å². The lowest BCUT2D eigenvalue weighted by Gasteiger charge is -2.14. The van der Waals surface area contributed by atoms with Gasteiger partial charge in [-0.2, -0.15) is 0 Å². The van der Waals surface area contributed by atoms with Crippen LogP contribution in [-0.2, 0) is 7.05 Å². The summed E-state index contributed by atoms with van der Waals surface area (Å²) in [7, 11) is 2.02. The quantitative estimate of drug-likeness (QED) is 0.271. The van der Waals surface area contributed by atoms with Crippen LogP contribution in [0.1, 0.15) is 26.2 Å². The van der Waals surface area contributed by atoms with Crippen LogP contribution in [-0.4, -0.2) is 28.0 Å². The van der Waals surface area contributed by atoms with E-state index in [9.17, 15) is 0 Å². The molecule has 1 aromatic heterocycles. The van der Waals surface area contributed by atoms with E-state index in [1.807, 2.05) is 37.4 Å². The first kappa shape index (κ1) is 20.8. The standard InChI is InChI=1S/C21H26BrClN4O/c1-3-12-24-17-7-6-8-18-20(17)27(2)21(26-18)25-16-10-9-15(23)14-19(16)28-13-5-4-11-22/h6-10,14,24H,3-5,11-13H2,1-2H3,(H,25,26). The lowest BCUT2D eigenvalue weighted by Crippen LogP contribution is -2.05. The van der Waals surface area contributed by atoms with Crippen molar-refractivity contribution >= 4 is 55.9 Å². The molecule has 2 aromatic carbocycles. The van der Waals surface area contributed by atoms with E-state index in [1.54, 1.807) is 0 Å². The highest BCUT2D eigenvalue weighted by Gasteiger charge is 2.13. The Morgan fingerprint density at radius 3 is 2.82 bits per heavy atom. The Morgan fingerprint density at radius 2 is 2.04 bits per heavy atom. The Morgan fingerprint density at radius 1 is 1.18 bits per heavy atom. The van der Waals surface area contributed by atoms with Crippen LogP contribution < -0.4 is 15.4 Å². The number of para-hydroxylation sites is 1. The van der Waals surface area contributed by atoms with E-state index >= 15 is 0 Å². The molecule has 0 saturated carbocycles. The third kappa shape index (κ3) is 4.92. The zero-order chi connectivity index (χ0) is 19.9. The maximum absolute atomic E-state index is 6.18. The molecule has 1 heterocycles. The number of hydrogen-bond acceptors (Lipinski definition) is 4. The molecular formula is C21H26BrClN4O. The number of anilines is 3. The highest BCUT2D eigenvalue weighted by molar-refractivity contribution is 9.09. The largest absolute Gasteiger partial charge is 0.491 e. The van der Waals surface area contributed by atoms with Gasteiger partial charge < -0.3 is 19.9 Å². The van der Waals surface area contributed by atoms with Gasteiger partial charge in [0.15, 0.2) is 0 Å². The summed E-state index contributed by atoms with van der Waals surface area (Å²) < 4.78 is 8.03. The van der Waals surface area contributed by atoms with Gasteiger partial charge in [-0.25, -0.2) is 4.98 Å². The number of halogens is 2. The summed E-state index contributed by atoms with van der Waals surface area (Å²) in [6.07, 6.45) is 3.12. The monoisotopic (exact) mass is 464 g/mol. The molecule has 0 aliphatic carbocycles. The summed E-state index contributed by atoms with van der Waals surface area (Å²) in [5, 5.41) is 8.52. The third-order valence-corrected chi connectivity index (χ3v) is 5.23. The lowest BCUT2D eigenvalue weighted by atomic mass is 10.2. The molecule has 0 saturated heterocycles. The molecule has 3 rings (SSSR count). The summed E-state index contributed by atoms with van der Waals surface area (Å²) in [5.74, 6) is 1.49. The van der Waals surface area contributed by atoms with Gasteiger partial charge in [0.2, 0.25) is 5.95 Å². The molecular weight excluding hydrogens is 440 g/mol. The van der Waals surface area contributed by atoms with Gasteiger partial charge in [0.1, 0.15) is 5.75 Å². The van der Waals surface area contributed by atoms with Gasteiger partial charge in [0.25, 0.3) is 0 Å². The predicted octanol–water partition coefficient (Wildman–Crippen LogP) is 6.35. The molecule has 0 spiro atoms. The van der Waals surface area contributed by atoms with Crippen molar-refractivity contribution in [1.29, 1.82) is 0 Å². The van der Waals surface area contributed by atoms with Gasteiger partial charge >= 0.3 is 0 Å². The minimum atomic E-state index is 0.647. The topological polar surface area (TPSA) is 51.1 Å². The molecule has 0 fully saturated rings. The van der Waals surface area contributed by atoms with E-state index in [2.05, 4.69) is 44.1 Å². The highest BCUT2D eigenvalue weighted by Crippen LogP contribution is 2.33. The van der Waals surface area contributed by atoms with Crippen molar-refractivity contribution in [2.45, 2.75) is 26.2 Å². The maximum Gasteiger partial charge on any atom is 0.208 e. The van der Waals surface area contributed by atoms with Crippen molar-refractivity contribution in [2.24, 2.45) is 7.05 Å². The summed E-state index contributed by atoms with van der Waals surface area (Å²) in [6.45, 7) is 3.73. The number of alkyl halides is 1. The van der Waals surface area contributed by atoms with Crippen LogP contribution in [0.2, 0.25) is 5.02 Å². The Kier molecular flexibility index (Phi) is 7.45. The summed E-state index contributed by atoms with van der Waals surface area (Å²) in [4.78, 5) is 4.77. The lowest BCUT2D eigenvalue weighted by molar-refractivity contribution is 0.311. The summed E-state index contributed by atoms with van der Waals surface area (Å²) >= 11 is 9.63. The fourth-order valence-electron chi connectivity index (χ4n) is 3.00. The van der Waals surface area contributed by atoms with Crippen molar-refractivity contribution in [2.75, 3.05) is 29.1 Å². The number of benzene rings is 2. The van der Waals surface area contributed by atoms with Crippen LogP contribution in [0.3, 0.4) is 0 Å². The van der Waals surface area contributed by atoms with Crippen molar-refractivity contribution in [1.82, 2.24) is 9.55 Å². The smallest absolute Gasteiger partial charge is 0.208 e. The summed E-state index contributed by atoms with van der Waals surface area (Å²) in [5.41, 5.74) is 3.96. The van der Waals surface area contributed by atoms with Gasteiger partial charge in [-0.3, -0.25) is 0 Å². The average molecular weight is 466 g/mol. The summed E-state index contributed by atoms with van der Waals surface area (Å²) in [6, 6.07) is 11.8. The number of aryl methyl sites for hydroxylation is 1. The molecule has 28 heavy (non-hydrogen) atoms. The third-order valence-electron chi connectivity index (χ3n) is 4.44. The van der Waals surface area contributed by atoms with E-state index in [1.165, 1.54) is 0 Å². The Hall–Kier alpha value is -1.92. The Labute approximate surface area is 179 Å². The number of nitrogens with one attached hydrogen (secondary N) is 2. The fourth-order valence-corrected chi connectivity index (χ4v) is 3.56. The number of aromatic nitrogens is 2. The van der Waals surface area contributed by atoms with Crippen molar-refractivity contribution in [3.8, 4) is 5.75 Å². The number of imidazole rings is 1. The van der Waals surface area contributed by atoms with Crippen LogP contribution in [0.4, 0.5) is 17.3 Å². The van der Waals surface area contributed by atoms with Gasteiger partial charge in [-0.05, 0) is 43.5 Å². The minimum absolute atomic E-state index is 0.647. The van der Waals surface area contributed by atoms with E-state index in [4.69, 9.17) is 21.3 Å². The first-order chi connectivity index (χ1) is 13.6. The molecule has 0 unspecified atom stereocenters. The number of unbranched alkanes of at least 4 members (excludes halogenated alkanes) is 1. The van der Waals surface area contributed by atoms with Crippen LogP contribution in [0.15, 0.2) is 36.4 Å². The number of nitrogens with zero attached hydrogens (tertiary/aromatic N) is 2. The molecule has 0 atom stereocenters. The van der Waals surface area contributed by atoms with Crippen molar-refractivity contribution < 1.29 is 4.74 Å². The van der Waals surface area contributed by atoms with E-state index in [0.717, 1.165) is 65.2 Å². The number of rotatable bonds is 10. The van der Waals surface area contributed by atoms with Gasteiger partial charge in [0, 0.05) is 30.0 Å². The molecule has 2 N–H and O–H groups in total.